The molecule has 3 N–H and O–H groups in total. The van der Waals surface area contributed by atoms with Crippen molar-refractivity contribution in [2.45, 2.75) is 38.4 Å². The number of halogens is 4. The highest BCUT2D eigenvalue weighted by Gasteiger charge is 2.40. The van der Waals surface area contributed by atoms with Crippen molar-refractivity contribution >= 4 is 34.1 Å². The van der Waals surface area contributed by atoms with Gasteiger partial charge in [0.2, 0.25) is 0 Å². The van der Waals surface area contributed by atoms with Crippen LogP contribution >= 0.6 is 12.2 Å². The number of unbranched alkanes of at least 4 members (excludes halogenated alkanes) is 1. The maximum Gasteiger partial charge on any atom is 0.471 e. The number of nitrogens with zero attached hydrogens (tertiary/aromatic N) is 1. The Bertz CT molecular complexity index is 1100. The van der Waals surface area contributed by atoms with Crippen molar-refractivity contribution in [1.29, 1.82) is 0 Å². The molecule has 10 heteroatoms. The Hall–Kier alpha value is -3.01. The van der Waals surface area contributed by atoms with Crippen molar-refractivity contribution in [2.75, 3.05) is 6.54 Å². The topological polar surface area (TPSA) is 69.8 Å². The second-order valence-electron chi connectivity index (χ2n) is 7.36. The quantitative estimate of drug-likeness (QED) is 0.243. The van der Waals surface area contributed by atoms with E-state index in [4.69, 9.17) is 12.2 Å². The Morgan fingerprint density at radius 3 is 2.47 bits per heavy atom. The Kier molecular flexibility index (Phi) is 7.44. The monoisotopic (exact) mass is 466 g/mol. The van der Waals surface area contributed by atoms with Gasteiger partial charge in [0.15, 0.2) is 0 Å². The molecule has 0 radical (unpaired) electrons. The second kappa shape index (κ2) is 10.1. The maximum atomic E-state index is 13.2. The van der Waals surface area contributed by atoms with Crippen molar-refractivity contribution in [2.24, 2.45) is 0 Å². The first-order valence-electron chi connectivity index (χ1n) is 10.0. The lowest BCUT2D eigenvalue weighted by molar-refractivity contribution is -0.174. The molecule has 2 aromatic carbocycles. The zero-order valence-corrected chi connectivity index (χ0v) is 18.0. The zero-order chi connectivity index (χ0) is 23.3. The molecular weight excluding hydrogens is 444 g/mol. The minimum Gasteiger partial charge on any atom is -0.380 e. The molecular formula is C22H22F4N4OS. The van der Waals surface area contributed by atoms with E-state index in [1.165, 1.54) is 12.1 Å². The first-order chi connectivity index (χ1) is 15.1. The number of amides is 1. The molecule has 170 valence electrons. The van der Waals surface area contributed by atoms with E-state index < -0.39 is 18.1 Å². The van der Waals surface area contributed by atoms with Gasteiger partial charge in [0, 0.05) is 6.54 Å². The van der Waals surface area contributed by atoms with Crippen LogP contribution in [0.5, 0.6) is 0 Å². The first kappa shape index (κ1) is 23.6. The van der Waals surface area contributed by atoms with Gasteiger partial charge in [-0.25, -0.2) is 9.37 Å². The van der Waals surface area contributed by atoms with E-state index in [0.29, 0.717) is 35.4 Å². The molecule has 1 unspecified atom stereocenters. The molecule has 0 aliphatic rings. The average Bonchev–Trinajstić information content (AvgIpc) is 3.15. The molecule has 1 amide bonds. The third-order valence-electron chi connectivity index (χ3n) is 4.86. The third-order valence-corrected chi connectivity index (χ3v) is 5.01. The number of alkyl halides is 3. The molecule has 0 aliphatic carbocycles. The van der Waals surface area contributed by atoms with Gasteiger partial charge in [-0.3, -0.25) is 4.79 Å². The van der Waals surface area contributed by atoms with Gasteiger partial charge < -0.3 is 15.6 Å². The molecule has 0 fully saturated rings. The first-order valence-corrected chi connectivity index (χ1v) is 10.4. The van der Waals surface area contributed by atoms with Crippen molar-refractivity contribution in [1.82, 2.24) is 20.6 Å². The summed E-state index contributed by atoms with van der Waals surface area (Å²) in [5.41, 5.74) is 2.74. The molecule has 3 rings (SSSR count). The van der Waals surface area contributed by atoms with Gasteiger partial charge in [-0.15, -0.1) is 0 Å². The summed E-state index contributed by atoms with van der Waals surface area (Å²) in [5, 5.41) is 5.03. The van der Waals surface area contributed by atoms with E-state index >= 15 is 0 Å². The summed E-state index contributed by atoms with van der Waals surface area (Å²) in [6, 6.07) is 10.3. The van der Waals surface area contributed by atoms with E-state index in [2.05, 4.69) is 15.3 Å². The van der Waals surface area contributed by atoms with E-state index in [1.54, 1.807) is 37.3 Å². The molecule has 0 bridgehead atoms. The highest BCUT2D eigenvalue weighted by Crippen LogP contribution is 2.27. The third kappa shape index (κ3) is 6.25. The van der Waals surface area contributed by atoms with E-state index in [-0.39, 0.29) is 18.1 Å². The van der Waals surface area contributed by atoms with Gasteiger partial charge in [0.05, 0.1) is 22.1 Å². The molecule has 32 heavy (non-hydrogen) atoms. The zero-order valence-electron chi connectivity index (χ0n) is 17.2. The number of fused-ring (bicyclic) bond motifs is 1. The Labute approximate surface area is 187 Å². The highest BCUT2D eigenvalue weighted by atomic mass is 32.1. The van der Waals surface area contributed by atoms with Crippen LogP contribution in [-0.4, -0.2) is 33.6 Å². The van der Waals surface area contributed by atoms with E-state index in [1.807, 2.05) is 5.32 Å². The predicted octanol–water partition coefficient (Wildman–Crippen LogP) is 5.20. The normalized spacial score (nSPS) is 12.5. The number of carbonyl (C=O) groups is 1. The SMILES string of the molecule is CC(=S)NCCCCC(NC(=O)C(F)(F)F)c1nc2ccc(-c3ccc(F)cc3)cc2[nH]1. The van der Waals surface area contributed by atoms with Gasteiger partial charge in [0.1, 0.15) is 11.6 Å². The number of nitrogens with one attached hydrogen (secondary N) is 3. The van der Waals surface area contributed by atoms with Crippen LogP contribution in [0.25, 0.3) is 22.2 Å². The number of aromatic nitrogens is 2. The number of thiocarbonyl (C=S) groups is 1. The molecule has 3 aromatic rings. The minimum atomic E-state index is -4.99. The van der Waals surface area contributed by atoms with Crippen molar-refractivity contribution in [3.63, 3.8) is 0 Å². The fourth-order valence-electron chi connectivity index (χ4n) is 3.27. The van der Waals surface area contributed by atoms with Crippen LogP contribution in [0.4, 0.5) is 17.6 Å². The number of imidazole rings is 1. The van der Waals surface area contributed by atoms with Gasteiger partial charge in [0.25, 0.3) is 0 Å². The molecule has 5 nitrogen and oxygen atoms in total. The van der Waals surface area contributed by atoms with Crippen molar-refractivity contribution in [3.05, 3.63) is 54.1 Å². The van der Waals surface area contributed by atoms with Crippen LogP contribution in [0.3, 0.4) is 0 Å². The van der Waals surface area contributed by atoms with Gasteiger partial charge in [-0.1, -0.05) is 30.4 Å². The van der Waals surface area contributed by atoms with Gasteiger partial charge >= 0.3 is 12.1 Å². The fraction of sp³-hybridized carbons (Fsp3) is 0.318. The van der Waals surface area contributed by atoms with Gasteiger partial charge in [-0.2, -0.15) is 13.2 Å². The molecule has 1 heterocycles. The number of rotatable bonds is 8. The minimum absolute atomic E-state index is 0.243. The van der Waals surface area contributed by atoms with Crippen LogP contribution in [0.15, 0.2) is 42.5 Å². The molecule has 0 saturated heterocycles. The molecule has 0 saturated carbocycles. The largest absolute Gasteiger partial charge is 0.471 e. The predicted molar refractivity (Wildman–Crippen MR) is 119 cm³/mol. The second-order valence-corrected chi connectivity index (χ2v) is 7.98. The van der Waals surface area contributed by atoms with Crippen molar-refractivity contribution in [3.8, 4) is 11.1 Å². The average molecular weight is 467 g/mol. The summed E-state index contributed by atoms with van der Waals surface area (Å²) in [6.45, 7) is 2.34. The van der Waals surface area contributed by atoms with Crippen LogP contribution in [-0.2, 0) is 4.79 Å². The lowest BCUT2D eigenvalue weighted by Crippen LogP contribution is -2.39. The number of aromatic amines is 1. The summed E-state index contributed by atoms with van der Waals surface area (Å²) in [6.07, 6.45) is -3.50. The Morgan fingerprint density at radius 1 is 1.12 bits per heavy atom. The van der Waals surface area contributed by atoms with Crippen LogP contribution in [0, 0.1) is 5.82 Å². The Balaban J connectivity index is 1.81. The summed E-state index contributed by atoms with van der Waals surface area (Å²) < 4.78 is 51.7. The van der Waals surface area contributed by atoms with E-state index in [0.717, 1.165) is 11.1 Å². The number of hydrogen-bond acceptors (Lipinski definition) is 3. The van der Waals surface area contributed by atoms with Crippen molar-refractivity contribution < 1.29 is 22.4 Å². The molecule has 1 aromatic heterocycles. The summed E-state index contributed by atoms with van der Waals surface area (Å²) in [7, 11) is 0. The fourth-order valence-corrected chi connectivity index (χ4v) is 3.37. The lowest BCUT2D eigenvalue weighted by Gasteiger charge is -2.18. The number of carbonyl (C=O) groups excluding carboxylic acids is 1. The summed E-state index contributed by atoms with van der Waals surface area (Å²) in [5.74, 6) is -2.12. The lowest BCUT2D eigenvalue weighted by atomic mass is 10.1. The molecule has 1 atom stereocenters. The van der Waals surface area contributed by atoms with Crippen LogP contribution in [0.1, 0.15) is 38.1 Å². The smallest absolute Gasteiger partial charge is 0.380 e. The standard InChI is InChI=1S/C22H22F4N4OS/c1-13(32)27-11-3-2-4-18(30-21(31)22(24,25)26)20-28-17-10-7-15(12-19(17)29-20)14-5-8-16(23)9-6-14/h5-10,12,18H,2-4,11H2,1H3,(H,27,32)(H,28,29)(H,30,31). The summed E-state index contributed by atoms with van der Waals surface area (Å²) >= 11 is 4.93. The maximum absolute atomic E-state index is 13.2. The van der Waals surface area contributed by atoms with Crippen LogP contribution < -0.4 is 10.6 Å². The number of hydrogen-bond donors (Lipinski definition) is 3. The Morgan fingerprint density at radius 2 is 1.81 bits per heavy atom. The number of H-pyrrole nitrogens is 1. The molecule has 0 spiro atoms. The number of benzene rings is 2. The highest BCUT2D eigenvalue weighted by molar-refractivity contribution is 7.80. The molecule has 0 aliphatic heterocycles. The summed E-state index contributed by atoms with van der Waals surface area (Å²) in [4.78, 5) is 19.6. The van der Waals surface area contributed by atoms with Crippen LogP contribution in [0.2, 0.25) is 0 Å². The van der Waals surface area contributed by atoms with E-state index in [9.17, 15) is 22.4 Å². The van der Waals surface area contributed by atoms with Gasteiger partial charge in [-0.05, 0) is 61.6 Å².